The SMILES string of the molecule is CC(C)(C)C12CCCC1CCN2. The van der Waals surface area contributed by atoms with Gasteiger partial charge in [0.05, 0.1) is 0 Å². The summed E-state index contributed by atoms with van der Waals surface area (Å²) in [7, 11) is 0. The predicted molar refractivity (Wildman–Crippen MR) is 52.1 cm³/mol. The molecule has 2 unspecified atom stereocenters. The molecule has 0 amide bonds. The first kappa shape index (κ1) is 8.55. The quantitative estimate of drug-likeness (QED) is 0.584. The van der Waals surface area contributed by atoms with Crippen LogP contribution in [0.15, 0.2) is 0 Å². The van der Waals surface area contributed by atoms with Crippen molar-refractivity contribution in [2.45, 2.75) is 52.0 Å². The highest BCUT2D eigenvalue weighted by molar-refractivity contribution is 5.09. The fourth-order valence-electron chi connectivity index (χ4n) is 3.42. The van der Waals surface area contributed by atoms with Gasteiger partial charge in [0.25, 0.3) is 0 Å². The molecule has 1 heteroatoms. The summed E-state index contributed by atoms with van der Waals surface area (Å²) in [4.78, 5) is 0. The lowest BCUT2D eigenvalue weighted by atomic mass is 9.69. The van der Waals surface area contributed by atoms with Crippen LogP contribution in [0.5, 0.6) is 0 Å². The van der Waals surface area contributed by atoms with E-state index in [0.29, 0.717) is 11.0 Å². The summed E-state index contributed by atoms with van der Waals surface area (Å²) < 4.78 is 0. The maximum absolute atomic E-state index is 3.77. The normalized spacial score (nSPS) is 41.8. The van der Waals surface area contributed by atoms with Gasteiger partial charge in [-0.2, -0.15) is 0 Å². The Labute approximate surface area is 75.9 Å². The van der Waals surface area contributed by atoms with Gasteiger partial charge in [-0.25, -0.2) is 0 Å². The minimum absolute atomic E-state index is 0.449. The van der Waals surface area contributed by atoms with Crippen LogP contribution in [-0.4, -0.2) is 12.1 Å². The molecule has 2 rings (SSSR count). The minimum Gasteiger partial charge on any atom is -0.310 e. The zero-order valence-electron chi connectivity index (χ0n) is 8.61. The summed E-state index contributed by atoms with van der Waals surface area (Å²) in [6.45, 7) is 8.43. The third kappa shape index (κ3) is 0.953. The first-order chi connectivity index (χ1) is 5.56. The van der Waals surface area contributed by atoms with Crippen LogP contribution in [-0.2, 0) is 0 Å². The Kier molecular flexibility index (Phi) is 1.76. The Hall–Kier alpha value is -0.0400. The Morgan fingerprint density at radius 1 is 1.25 bits per heavy atom. The van der Waals surface area contributed by atoms with E-state index in [2.05, 4.69) is 26.1 Å². The summed E-state index contributed by atoms with van der Waals surface area (Å²) in [5.74, 6) is 0.970. The smallest absolute Gasteiger partial charge is 0.0258 e. The number of hydrogen-bond donors (Lipinski definition) is 1. The molecule has 1 N–H and O–H groups in total. The van der Waals surface area contributed by atoms with Crippen LogP contribution in [0.25, 0.3) is 0 Å². The van der Waals surface area contributed by atoms with Crippen LogP contribution in [0.3, 0.4) is 0 Å². The molecule has 1 nitrogen and oxygen atoms in total. The molecule has 0 spiro atoms. The van der Waals surface area contributed by atoms with Gasteiger partial charge in [0.15, 0.2) is 0 Å². The first-order valence-corrected chi connectivity index (χ1v) is 5.31. The third-order valence-corrected chi connectivity index (χ3v) is 4.09. The van der Waals surface area contributed by atoms with Crippen LogP contribution < -0.4 is 5.32 Å². The fourth-order valence-corrected chi connectivity index (χ4v) is 3.42. The average Bonchev–Trinajstić information content (AvgIpc) is 2.37. The van der Waals surface area contributed by atoms with Crippen LogP contribution in [0, 0.1) is 11.3 Å². The zero-order valence-corrected chi connectivity index (χ0v) is 8.61. The summed E-state index contributed by atoms with van der Waals surface area (Å²) in [6, 6.07) is 0. The van der Waals surface area contributed by atoms with Crippen LogP contribution >= 0.6 is 0 Å². The Balaban J connectivity index is 2.28. The van der Waals surface area contributed by atoms with E-state index < -0.39 is 0 Å². The van der Waals surface area contributed by atoms with E-state index in [9.17, 15) is 0 Å². The molecule has 0 aromatic rings. The molecule has 1 saturated heterocycles. The lowest BCUT2D eigenvalue weighted by Crippen LogP contribution is -2.52. The molecule has 2 fully saturated rings. The Morgan fingerprint density at radius 3 is 2.58 bits per heavy atom. The lowest BCUT2D eigenvalue weighted by molar-refractivity contribution is 0.132. The molecular formula is C11H21N. The van der Waals surface area contributed by atoms with Gasteiger partial charge >= 0.3 is 0 Å². The molecule has 0 radical (unpaired) electrons. The molecular weight excluding hydrogens is 146 g/mol. The van der Waals surface area contributed by atoms with E-state index in [1.165, 1.54) is 32.2 Å². The van der Waals surface area contributed by atoms with Crippen molar-refractivity contribution in [3.8, 4) is 0 Å². The highest BCUT2D eigenvalue weighted by Crippen LogP contribution is 2.51. The Bertz CT molecular complexity index is 168. The van der Waals surface area contributed by atoms with Crippen molar-refractivity contribution >= 4 is 0 Å². The van der Waals surface area contributed by atoms with Crippen molar-refractivity contribution in [1.82, 2.24) is 5.32 Å². The second-order valence-corrected chi connectivity index (χ2v) is 5.53. The van der Waals surface area contributed by atoms with Crippen molar-refractivity contribution in [2.75, 3.05) is 6.54 Å². The summed E-state index contributed by atoms with van der Waals surface area (Å²) in [5.41, 5.74) is 0.942. The first-order valence-electron chi connectivity index (χ1n) is 5.31. The second kappa shape index (κ2) is 2.47. The number of fused-ring (bicyclic) bond motifs is 1. The zero-order chi connectivity index (χ0) is 8.82. The predicted octanol–water partition coefficient (Wildman–Crippen LogP) is 2.56. The molecule has 70 valence electrons. The largest absolute Gasteiger partial charge is 0.310 e. The number of hydrogen-bond acceptors (Lipinski definition) is 1. The average molecular weight is 167 g/mol. The topological polar surface area (TPSA) is 12.0 Å². The van der Waals surface area contributed by atoms with Crippen molar-refractivity contribution in [2.24, 2.45) is 11.3 Å². The number of nitrogens with one attached hydrogen (secondary N) is 1. The molecule has 12 heavy (non-hydrogen) atoms. The third-order valence-electron chi connectivity index (χ3n) is 4.09. The van der Waals surface area contributed by atoms with Gasteiger partial charge in [0.2, 0.25) is 0 Å². The van der Waals surface area contributed by atoms with Crippen molar-refractivity contribution < 1.29 is 0 Å². The summed E-state index contributed by atoms with van der Waals surface area (Å²) in [5, 5.41) is 3.77. The molecule has 0 aromatic heterocycles. The highest BCUT2D eigenvalue weighted by Gasteiger charge is 2.52. The van der Waals surface area contributed by atoms with Crippen LogP contribution in [0.2, 0.25) is 0 Å². The van der Waals surface area contributed by atoms with E-state index in [1.807, 2.05) is 0 Å². The van der Waals surface area contributed by atoms with E-state index >= 15 is 0 Å². The highest BCUT2D eigenvalue weighted by atomic mass is 15.0. The standard InChI is InChI=1S/C11H21N/c1-10(2,3)11-7-4-5-9(11)6-8-12-11/h9,12H,4-8H2,1-3H3. The molecule has 0 aromatic carbocycles. The van der Waals surface area contributed by atoms with Crippen LogP contribution in [0.4, 0.5) is 0 Å². The van der Waals surface area contributed by atoms with Crippen molar-refractivity contribution in [1.29, 1.82) is 0 Å². The fraction of sp³-hybridized carbons (Fsp3) is 1.00. The maximum atomic E-state index is 3.77. The molecule has 1 aliphatic heterocycles. The monoisotopic (exact) mass is 167 g/mol. The molecule has 1 aliphatic carbocycles. The summed E-state index contributed by atoms with van der Waals surface area (Å²) in [6.07, 6.45) is 5.72. The minimum atomic E-state index is 0.449. The van der Waals surface area contributed by atoms with Gasteiger partial charge in [-0.3, -0.25) is 0 Å². The van der Waals surface area contributed by atoms with E-state index in [1.54, 1.807) is 0 Å². The molecule has 1 heterocycles. The molecule has 2 atom stereocenters. The van der Waals surface area contributed by atoms with Crippen LogP contribution in [0.1, 0.15) is 46.5 Å². The van der Waals surface area contributed by atoms with E-state index in [0.717, 1.165) is 5.92 Å². The van der Waals surface area contributed by atoms with Gasteiger partial charge in [0, 0.05) is 5.54 Å². The second-order valence-electron chi connectivity index (χ2n) is 5.53. The molecule has 2 aliphatic rings. The van der Waals surface area contributed by atoms with Gasteiger partial charge in [-0.1, -0.05) is 27.2 Å². The molecule has 1 saturated carbocycles. The van der Waals surface area contributed by atoms with Gasteiger partial charge < -0.3 is 5.32 Å². The number of rotatable bonds is 0. The van der Waals surface area contributed by atoms with E-state index in [-0.39, 0.29) is 0 Å². The van der Waals surface area contributed by atoms with Crippen molar-refractivity contribution in [3.63, 3.8) is 0 Å². The van der Waals surface area contributed by atoms with Crippen molar-refractivity contribution in [3.05, 3.63) is 0 Å². The van der Waals surface area contributed by atoms with Gasteiger partial charge in [-0.15, -0.1) is 0 Å². The van der Waals surface area contributed by atoms with E-state index in [4.69, 9.17) is 0 Å². The Morgan fingerprint density at radius 2 is 2.00 bits per heavy atom. The van der Waals surface area contributed by atoms with Gasteiger partial charge in [-0.05, 0) is 37.1 Å². The maximum Gasteiger partial charge on any atom is 0.0258 e. The lowest BCUT2D eigenvalue weighted by Gasteiger charge is -2.43. The molecule has 0 bridgehead atoms. The summed E-state index contributed by atoms with van der Waals surface area (Å²) >= 11 is 0. The van der Waals surface area contributed by atoms with Gasteiger partial charge in [0.1, 0.15) is 0 Å².